The van der Waals surface area contributed by atoms with E-state index in [0.29, 0.717) is 11.4 Å². The molecule has 124 valence electrons. The zero-order valence-corrected chi connectivity index (χ0v) is 13.8. The molecule has 5 heteroatoms. The molecule has 0 saturated carbocycles. The third-order valence-corrected chi connectivity index (χ3v) is 4.00. The predicted molar refractivity (Wildman–Crippen MR) is 93.3 cm³/mol. The highest BCUT2D eigenvalue weighted by atomic mass is 16.5. The Morgan fingerprint density at radius 1 is 1.25 bits per heavy atom. The van der Waals surface area contributed by atoms with Crippen molar-refractivity contribution >= 4 is 23.2 Å². The van der Waals surface area contributed by atoms with Crippen molar-refractivity contribution in [1.82, 2.24) is 0 Å². The first kappa shape index (κ1) is 16.1. The molecule has 0 aromatic heterocycles. The maximum atomic E-state index is 12.3. The Balaban J connectivity index is 1.68. The summed E-state index contributed by atoms with van der Waals surface area (Å²) in [7, 11) is 0. The number of anilines is 2. The number of hydrogen-bond donors (Lipinski definition) is 2. The lowest BCUT2D eigenvalue weighted by Crippen LogP contribution is -2.39. The maximum absolute atomic E-state index is 12.3. The van der Waals surface area contributed by atoms with E-state index in [0.717, 1.165) is 23.2 Å². The van der Waals surface area contributed by atoms with Crippen LogP contribution in [0, 0.1) is 6.92 Å². The van der Waals surface area contributed by atoms with E-state index in [9.17, 15) is 9.59 Å². The number of para-hydroxylation sites is 1. The van der Waals surface area contributed by atoms with Gasteiger partial charge in [-0.25, -0.2) is 0 Å². The van der Waals surface area contributed by atoms with Crippen molar-refractivity contribution in [2.75, 3.05) is 10.6 Å². The van der Waals surface area contributed by atoms with Crippen molar-refractivity contribution in [3.63, 3.8) is 0 Å². The zero-order chi connectivity index (χ0) is 17.1. The lowest BCUT2D eigenvalue weighted by molar-refractivity contribution is -0.128. The largest absolute Gasteiger partial charge is 0.478 e. The van der Waals surface area contributed by atoms with Gasteiger partial charge < -0.3 is 15.4 Å². The van der Waals surface area contributed by atoms with Crippen LogP contribution in [0.4, 0.5) is 11.4 Å². The highest BCUT2D eigenvalue weighted by Crippen LogP contribution is 2.31. The molecule has 1 unspecified atom stereocenters. The van der Waals surface area contributed by atoms with Gasteiger partial charge in [0, 0.05) is 5.69 Å². The van der Waals surface area contributed by atoms with Crippen LogP contribution in [0.2, 0.25) is 0 Å². The summed E-state index contributed by atoms with van der Waals surface area (Å²) >= 11 is 0. The van der Waals surface area contributed by atoms with E-state index in [1.807, 2.05) is 50.2 Å². The van der Waals surface area contributed by atoms with Crippen LogP contribution in [0.5, 0.6) is 5.75 Å². The van der Waals surface area contributed by atoms with E-state index in [2.05, 4.69) is 10.6 Å². The molecule has 1 atom stereocenters. The number of amides is 2. The first-order valence-corrected chi connectivity index (χ1v) is 8.02. The molecule has 0 bridgehead atoms. The molecule has 2 N–H and O–H groups in total. The molecule has 2 aromatic carbocycles. The summed E-state index contributed by atoms with van der Waals surface area (Å²) in [6, 6.07) is 13.2. The lowest BCUT2D eigenvalue weighted by Gasteiger charge is -2.25. The van der Waals surface area contributed by atoms with Crippen molar-refractivity contribution in [3.8, 4) is 5.75 Å². The van der Waals surface area contributed by atoms with Crippen LogP contribution in [0.15, 0.2) is 42.5 Å². The first-order chi connectivity index (χ1) is 11.6. The Bertz CT molecular complexity index is 786. The molecule has 0 aliphatic carbocycles. The number of ether oxygens (including phenoxy) is 1. The number of hydrogen-bond acceptors (Lipinski definition) is 3. The normalized spacial score (nSPS) is 15.9. The van der Waals surface area contributed by atoms with Gasteiger partial charge in [0.2, 0.25) is 5.91 Å². The summed E-state index contributed by atoms with van der Waals surface area (Å²) in [6.45, 7) is 3.97. The fourth-order valence-electron chi connectivity index (χ4n) is 2.72. The van der Waals surface area contributed by atoms with Gasteiger partial charge in [0.1, 0.15) is 5.75 Å². The lowest BCUT2D eigenvalue weighted by atomic mass is 10.1. The quantitative estimate of drug-likeness (QED) is 0.907. The minimum atomic E-state index is -0.825. The molecule has 1 aliphatic rings. The number of fused-ring (bicyclic) bond motifs is 1. The fraction of sp³-hybridized carbons (Fsp3) is 0.263. The van der Waals surface area contributed by atoms with E-state index in [-0.39, 0.29) is 18.2 Å². The highest BCUT2D eigenvalue weighted by Gasteiger charge is 2.29. The van der Waals surface area contributed by atoms with Gasteiger partial charge in [-0.1, -0.05) is 31.2 Å². The Morgan fingerprint density at radius 3 is 2.83 bits per heavy atom. The van der Waals surface area contributed by atoms with E-state index in [1.165, 1.54) is 0 Å². The van der Waals surface area contributed by atoms with Crippen LogP contribution in [0.3, 0.4) is 0 Å². The standard InChI is InChI=1S/C19H20N2O3/c1-3-13-6-4-5-7-14(13)20-18(22)11-17-19(23)21-15-10-12(2)8-9-16(15)24-17/h4-10,17H,3,11H2,1-2H3,(H,20,22)(H,21,23). The summed E-state index contributed by atoms with van der Waals surface area (Å²) in [5, 5.41) is 5.66. The SMILES string of the molecule is CCc1ccccc1NC(=O)CC1Oc2ccc(C)cc2NC1=O. The van der Waals surface area contributed by atoms with Crippen molar-refractivity contribution in [2.45, 2.75) is 32.8 Å². The zero-order valence-electron chi connectivity index (χ0n) is 13.8. The van der Waals surface area contributed by atoms with Crippen LogP contribution in [0.1, 0.15) is 24.5 Å². The number of carbonyl (C=O) groups is 2. The maximum Gasteiger partial charge on any atom is 0.266 e. The Labute approximate surface area is 141 Å². The van der Waals surface area contributed by atoms with Gasteiger partial charge in [-0.05, 0) is 42.7 Å². The molecule has 1 aliphatic heterocycles. The average Bonchev–Trinajstić information content (AvgIpc) is 2.56. The van der Waals surface area contributed by atoms with Crippen molar-refractivity contribution < 1.29 is 14.3 Å². The summed E-state index contributed by atoms with van der Waals surface area (Å²) in [6.07, 6.45) is -0.0326. The van der Waals surface area contributed by atoms with Crippen molar-refractivity contribution in [3.05, 3.63) is 53.6 Å². The van der Waals surface area contributed by atoms with Crippen molar-refractivity contribution in [1.29, 1.82) is 0 Å². The molecule has 0 spiro atoms. The van der Waals surface area contributed by atoms with Gasteiger partial charge in [0.05, 0.1) is 12.1 Å². The van der Waals surface area contributed by atoms with E-state index < -0.39 is 6.10 Å². The molecule has 2 aromatic rings. The summed E-state index contributed by atoms with van der Waals surface area (Å²) < 4.78 is 5.69. The first-order valence-electron chi connectivity index (χ1n) is 8.02. The molecule has 24 heavy (non-hydrogen) atoms. The highest BCUT2D eigenvalue weighted by molar-refractivity contribution is 6.02. The molecule has 3 rings (SSSR count). The Morgan fingerprint density at radius 2 is 2.04 bits per heavy atom. The van der Waals surface area contributed by atoms with Gasteiger partial charge in [-0.15, -0.1) is 0 Å². The summed E-state index contributed by atoms with van der Waals surface area (Å²) in [5.74, 6) is 0.0468. The fourth-order valence-corrected chi connectivity index (χ4v) is 2.72. The van der Waals surface area contributed by atoms with Crippen molar-refractivity contribution in [2.24, 2.45) is 0 Å². The minimum absolute atomic E-state index is 0.0306. The van der Waals surface area contributed by atoms with Crippen LogP contribution in [0.25, 0.3) is 0 Å². The van der Waals surface area contributed by atoms with Crippen LogP contribution >= 0.6 is 0 Å². The monoisotopic (exact) mass is 324 g/mol. The summed E-state index contributed by atoms with van der Waals surface area (Å²) in [4.78, 5) is 24.5. The second kappa shape index (κ2) is 6.74. The molecular weight excluding hydrogens is 304 g/mol. The van der Waals surface area contributed by atoms with Crippen LogP contribution in [-0.4, -0.2) is 17.9 Å². The number of aryl methyl sites for hydroxylation is 2. The molecule has 0 fully saturated rings. The van der Waals surface area contributed by atoms with E-state index >= 15 is 0 Å². The van der Waals surface area contributed by atoms with Gasteiger partial charge in [-0.2, -0.15) is 0 Å². The van der Waals surface area contributed by atoms with Gasteiger partial charge in [0.15, 0.2) is 6.10 Å². The molecule has 0 saturated heterocycles. The number of nitrogens with one attached hydrogen (secondary N) is 2. The van der Waals surface area contributed by atoms with E-state index in [1.54, 1.807) is 6.07 Å². The van der Waals surface area contributed by atoms with Crippen LogP contribution < -0.4 is 15.4 Å². The number of rotatable bonds is 4. The average molecular weight is 324 g/mol. The van der Waals surface area contributed by atoms with Gasteiger partial charge >= 0.3 is 0 Å². The molecular formula is C19H20N2O3. The predicted octanol–water partition coefficient (Wildman–Crippen LogP) is 3.29. The molecule has 0 radical (unpaired) electrons. The van der Waals surface area contributed by atoms with Gasteiger partial charge in [-0.3, -0.25) is 9.59 Å². The second-order valence-electron chi connectivity index (χ2n) is 5.86. The third kappa shape index (κ3) is 3.40. The number of benzene rings is 2. The van der Waals surface area contributed by atoms with Crippen LogP contribution in [-0.2, 0) is 16.0 Å². The van der Waals surface area contributed by atoms with E-state index in [4.69, 9.17) is 4.74 Å². The minimum Gasteiger partial charge on any atom is -0.478 e. The second-order valence-corrected chi connectivity index (χ2v) is 5.86. The Kier molecular flexibility index (Phi) is 4.51. The smallest absolute Gasteiger partial charge is 0.266 e. The number of carbonyl (C=O) groups excluding carboxylic acids is 2. The topological polar surface area (TPSA) is 67.4 Å². The van der Waals surface area contributed by atoms with Gasteiger partial charge in [0.25, 0.3) is 5.91 Å². The third-order valence-electron chi connectivity index (χ3n) is 4.00. The molecule has 2 amide bonds. The molecule has 5 nitrogen and oxygen atoms in total. The molecule has 1 heterocycles. The summed E-state index contributed by atoms with van der Waals surface area (Å²) in [5.41, 5.74) is 3.51. The Hall–Kier alpha value is -2.82.